The van der Waals surface area contributed by atoms with Gasteiger partial charge in [-0.2, -0.15) is 0 Å². The van der Waals surface area contributed by atoms with E-state index in [0.717, 1.165) is 12.8 Å². The number of carbonyl (C=O) groups excluding carboxylic acids is 1. The fourth-order valence-corrected chi connectivity index (χ4v) is 3.13. The van der Waals surface area contributed by atoms with Crippen LogP contribution in [0.3, 0.4) is 0 Å². The molecule has 2 aliphatic rings. The van der Waals surface area contributed by atoms with Crippen molar-refractivity contribution in [2.24, 2.45) is 15.9 Å². The van der Waals surface area contributed by atoms with Crippen molar-refractivity contribution in [2.75, 3.05) is 14.2 Å². The zero-order chi connectivity index (χ0) is 17.0. The Morgan fingerprint density at radius 2 is 2.09 bits per heavy atom. The number of hydrogen-bond acceptors (Lipinski definition) is 6. The van der Waals surface area contributed by atoms with Crippen molar-refractivity contribution in [3.8, 4) is 0 Å². The maximum atomic E-state index is 11.3. The first kappa shape index (κ1) is 17.5. The molecule has 0 radical (unpaired) electrons. The number of allylic oxidation sites excluding steroid dienone is 1. The molecule has 128 valence electrons. The maximum absolute atomic E-state index is 11.3. The highest BCUT2D eigenvalue weighted by atomic mass is 16.5. The van der Waals surface area contributed by atoms with Crippen LogP contribution in [-0.4, -0.2) is 49.7 Å². The lowest BCUT2D eigenvalue weighted by atomic mass is 9.87. The minimum absolute atomic E-state index is 0.149. The first-order chi connectivity index (χ1) is 10.9. The van der Waals surface area contributed by atoms with Crippen molar-refractivity contribution in [1.29, 1.82) is 0 Å². The molecule has 0 aromatic heterocycles. The maximum Gasteiger partial charge on any atom is 0.303 e. The summed E-state index contributed by atoms with van der Waals surface area (Å²) in [5, 5.41) is 0. The number of methoxy groups -OCH3 is 2. The number of hydrogen-bond donors (Lipinski definition) is 0. The van der Waals surface area contributed by atoms with Crippen molar-refractivity contribution in [2.45, 2.75) is 57.7 Å². The van der Waals surface area contributed by atoms with E-state index in [9.17, 15) is 4.79 Å². The van der Waals surface area contributed by atoms with Crippen LogP contribution in [0.15, 0.2) is 22.1 Å². The average Bonchev–Trinajstić information content (AvgIpc) is 2.68. The van der Waals surface area contributed by atoms with Crippen LogP contribution in [-0.2, 0) is 19.0 Å². The molecule has 0 bridgehead atoms. The lowest BCUT2D eigenvalue weighted by molar-refractivity contribution is -0.144. The summed E-state index contributed by atoms with van der Waals surface area (Å²) >= 11 is 0. The van der Waals surface area contributed by atoms with E-state index in [0.29, 0.717) is 18.2 Å². The smallest absolute Gasteiger partial charge is 0.303 e. The van der Waals surface area contributed by atoms with Crippen molar-refractivity contribution in [1.82, 2.24) is 0 Å². The van der Waals surface area contributed by atoms with Gasteiger partial charge in [-0.15, -0.1) is 0 Å². The summed E-state index contributed by atoms with van der Waals surface area (Å²) in [6.07, 6.45) is 5.66. The Balaban J connectivity index is 2.38. The predicted molar refractivity (Wildman–Crippen MR) is 88.8 cm³/mol. The predicted octanol–water partition coefficient (Wildman–Crippen LogP) is 2.53. The average molecular weight is 322 g/mol. The van der Waals surface area contributed by atoms with Crippen LogP contribution in [0.2, 0.25) is 0 Å². The molecule has 23 heavy (non-hydrogen) atoms. The van der Waals surface area contributed by atoms with Crippen LogP contribution in [0, 0.1) is 5.92 Å². The molecular weight excluding hydrogens is 296 g/mol. The summed E-state index contributed by atoms with van der Waals surface area (Å²) in [5.41, 5.74) is -0.644. The molecule has 1 aliphatic heterocycles. The van der Waals surface area contributed by atoms with Crippen LogP contribution in [0.4, 0.5) is 0 Å². The topological polar surface area (TPSA) is 69.5 Å². The molecule has 0 aromatic rings. The molecule has 0 saturated heterocycles. The Hall–Kier alpha value is -1.85. The molecule has 1 heterocycles. The number of aliphatic imine (C=N–C) groups is 2. The van der Waals surface area contributed by atoms with Gasteiger partial charge in [0.1, 0.15) is 17.7 Å². The second-order valence-corrected chi connectivity index (χ2v) is 6.33. The monoisotopic (exact) mass is 322 g/mol. The fourth-order valence-electron chi connectivity index (χ4n) is 3.13. The molecule has 0 aromatic carbocycles. The van der Waals surface area contributed by atoms with E-state index in [1.807, 2.05) is 12.2 Å². The molecule has 0 fully saturated rings. The molecule has 0 N–H and O–H groups in total. The van der Waals surface area contributed by atoms with Gasteiger partial charge in [0, 0.05) is 13.3 Å². The van der Waals surface area contributed by atoms with Crippen molar-refractivity contribution >= 4 is 17.8 Å². The van der Waals surface area contributed by atoms with E-state index < -0.39 is 5.54 Å². The summed E-state index contributed by atoms with van der Waals surface area (Å²) in [6, 6.07) is -0.149. The van der Waals surface area contributed by atoms with Gasteiger partial charge in [0.15, 0.2) is 0 Å². The fraction of sp³-hybridized carbons (Fsp3) is 0.706. The molecule has 3 atom stereocenters. The third-order valence-electron chi connectivity index (χ3n) is 4.20. The highest BCUT2D eigenvalue weighted by Crippen LogP contribution is 2.35. The summed E-state index contributed by atoms with van der Waals surface area (Å²) in [6.45, 7) is 5.56. The van der Waals surface area contributed by atoms with Gasteiger partial charge in [0.05, 0.1) is 14.2 Å². The third-order valence-corrected chi connectivity index (χ3v) is 4.20. The van der Waals surface area contributed by atoms with Gasteiger partial charge in [0.25, 0.3) is 0 Å². The molecule has 0 unspecified atom stereocenters. The summed E-state index contributed by atoms with van der Waals surface area (Å²) < 4.78 is 16.5. The number of ether oxygens (including phenoxy) is 3. The van der Waals surface area contributed by atoms with E-state index in [2.05, 4.69) is 13.8 Å². The van der Waals surface area contributed by atoms with E-state index >= 15 is 0 Å². The molecule has 1 aliphatic carbocycles. The summed E-state index contributed by atoms with van der Waals surface area (Å²) in [5.74, 6) is 1.16. The van der Waals surface area contributed by atoms with Crippen molar-refractivity contribution in [3.05, 3.63) is 12.2 Å². The normalized spacial score (nSPS) is 30.5. The van der Waals surface area contributed by atoms with Crippen molar-refractivity contribution in [3.63, 3.8) is 0 Å². The first-order valence-corrected chi connectivity index (χ1v) is 8.01. The minimum atomic E-state index is -0.644. The standard InChI is InChI=1S/C17H26N2O4/c1-11(2)14-15(21-4)19-17(16(18-14)22-5)9-7-6-8-13(10-17)23-12(3)20/h6,8,11,13-14H,7,9-10H2,1-5H3/t13-,14-,17+/m1/s1. The Bertz CT molecular complexity index is 539. The molecular formula is C17H26N2O4. The molecule has 6 heteroatoms. The van der Waals surface area contributed by atoms with Gasteiger partial charge in [-0.05, 0) is 24.8 Å². The van der Waals surface area contributed by atoms with Gasteiger partial charge in [-0.25, -0.2) is 9.98 Å². The second-order valence-electron chi connectivity index (χ2n) is 6.33. The molecule has 6 nitrogen and oxygen atoms in total. The van der Waals surface area contributed by atoms with Crippen LogP contribution in [0.25, 0.3) is 0 Å². The number of nitrogens with zero attached hydrogens (tertiary/aromatic N) is 2. The lowest BCUT2D eigenvalue weighted by Crippen LogP contribution is -2.48. The van der Waals surface area contributed by atoms with E-state index in [1.54, 1.807) is 14.2 Å². The largest absolute Gasteiger partial charge is 0.483 e. The van der Waals surface area contributed by atoms with E-state index in [-0.39, 0.29) is 24.0 Å². The number of esters is 1. The van der Waals surface area contributed by atoms with E-state index in [4.69, 9.17) is 24.2 Å². The Morgan fingerprint density at radius 1 is 1.35 bits per heavy atom. The SMILES string of the molecule is COC1=N[C@]2(CCC=C[C@@H](OC(C)=O)C2)C(OC)=N[C@@H]1C(C)C. The van der Waals surface area contributed by atoms with Gasteiger partial charge >= 0.3 is 5.97 Å². The highest BCUT2D eigenvalue weighted by molar-refractivity contribution is 5.97. The molecule has 2 rings (SSSR count). The lowest BCUT2D eigenvalue weighted by Gasteiger charge is -2.36. The van der Waals surface area contributed by atoms with Gasteiger partial charge in [-0.1, -0.05) is 19.9 Å². The minimum Gasteiger partial charge on any atom is -0.483 e. The molecule has 0 saturated carbocycles. The highest BCUT2D eigenvalue weighted by Gasteiger charge is 2.45. The molecule has 0 amide bonds. The third kappa shape index (κ3) is 3.74. The Kier molecular flexibility index (Phi) is 5.44. The zero-order valence-electron chi connectivity index (χ0n) is 14.5. The quantitative estimate of drug-likeness (QED) is 0.578. The second kappa shape index (κ2) is 7.15. The van der Waals surface area contributed by atoms with Crippen LogP contribution >= 0.6 is 0 Å². The number of rotatable bonds is 2. The van der Waals surface area contributed by atoms with Gasteiger partial charge < -0.3 is 14.2 Å². The summed E-state index contributed by atoms with van der Waals surface area (Å²) in [7, 11) is 3.23. The van der Waals surface area contributed by atoms with Crippen LogP contribution in [0.1, 0.15) is 40.0 Å². The summed E-state index contributed by atoms with van der Waals surface area (Å²) in [4.78, 5) is 21.0. The zero-order valence-corrected chi connectivity index (χ0v) is 14.5. The molecule has 1 spiro atoms. The van der Waals surface area contributed by atoms with E-state index in [1.165, 1.54) is 6.92 Å². The first-order valence-electron chi connectivity index (χ1n) is 8.01. The van der Waals surface area contributed by atoms with Gasteiger partial charge in [0.2, 0.25) is 11.8 Å². The van der Waals surface area contributed by atoms with Crippen LogP contribution < -0.4 is 0 Å². The van der Waals surface area contributed by atoms with Crippen molar-refractivity contribution < 1.29 is 19.0 Å². The Morgan fingerprint density at radius 3 is 2.65 bits per heavy atom. The number of carbonyl (C=O) groups is 1. The Labute approximate surface area is 137 Å². The van der Waals surface area contributed by atoms with Crippen LogP contribution in [0.5, 0.6) is 0 Å². The van der Waals surface area contributed by atoms with Gasteiger partial charge in [-0.3, -0.25) is 4.79 Å².